The summed E-state index contributed by atoms with van der Waals surface area (Å²) in [6, 6.07) is 6.97. The molecule has 0 aliphatic heterocycles. The number of pyridine rings is 1. The molecule has 0 aliphatic carbocycles. The Morgan fingerprint density at radius 2 is 2.06 bits per heavy atom. The van der Waals surface area contributed by atoms with Crippen molar-refractivity contribution in [1.29, 1.82) is 5.26 Å². The summed E-state index contributed by atoms with van der Waals surface area (Å²) in [6.07, 6.45) is 2.51. The van der Waals surface area contributed by atoms with Gasteiger partial charge in [0, 0.05) is 11.8 Å². The summed E-state index contributed by atoms with van der Waals surface area (Å²) in [7, 11) is 0. The number of rotatable bonds is 3. The maximum Gasteiger partial charge on any atom is 0.166 e. The van der Waals surface area contributed by atoms with Crippen LogP contribution < -0.4 is 4.74 Å². The minimum atomic E-state index is -0.626. The van der Waals surface area contributed by atoms with Crippen LogP contribution in [-0.4, -0.2) is 4.98 Å². The average Bonchev–Trinajstić information content (AvgIpc) is 2.37. The van der Waals surface area contributed by atoms with Crippen LogP contribution in [0.5, 0.6) is 5.75 Å². The Kier molecular flexibility index (Phi) is 3.49. The van der Waals surface area contributed by atoms with Crippen molar-refractivity contribution in [2.75, 3.05) is 0 Å². The van der Waals surface area contributed by atoms with Crippen molar-refractivity contribution in [3.05, 3.63) is 59.4 Å². The van der Waals surface area contributed by atoms with Crippen molar-refractivity contribution in [2.45, 2.75) is 6.61 Å². The first-order chi connectivity index (χ1) is 8.69. The number of nitrogens with zero attached hydrogens (tertiary/aromatic N) is 2. The quantitative estimate of drug-likeness (QED) is 0.836. The molecule has 0 N–H and O–H groups in total. The third-order valence-corrected chi connectivity index (χ3v) is 2.22. The molecule has 0 saturated heterocycles. The van der Waals surface area contributed by atoms with Crippen molar-refractivity contribution < 1.29 is 13.5 Å². The van der Waals surface area contributed by atoms with Crippen LogP contribution in [0.1, 0.15) is 11.1 Å². The predicted octanol–water partition coefficient (Wildman–Crippen LogP) is 2.81. The van der Waals surface area contributed by atoms with Crippen LogP contribution >= 0.6 is 0 Å². The third kappa shape index (κ3) is 2.80. The van der Waals surface area contributed by atoms with Crippen molar-refractivity contribution in [3.8, 4) is 11.8 Å². The molecule has 18 heavy (non-hydrogen) atoms. The first-order valence-corrected chi connectivity index (χ1v) is 5.11. The highest BCUT2D eigenvalue weighted by molar-refractivity contribution is 5.36. The van der Waals surface area contributed by atoms with E-state index in [-0.39, 0.29) is 17.9 Å². The largest absolute Gasteiger partial charge is 0.486 e. The first-order valence-electron chi connectivity index (χ1n) is 5.11. The summed E-state index contributed by atoms with van der Waals surface area (Å²) < 4.78 is 31.5. The Bertz CT molecular complexity index is 608. The van der Waals surface area contributed by atoms with E-state index in [0.29, 0.717) is 5.56 Å². The highest BCUT2D eigenvalue weighted by Gasteiger charge is 2.05. The van der Waals surface area contributed by atoms with Gasteiger partial charge in [0.2, 0.25) is 0 Å². The molecule has 0 amide bonds. The lowest BCUT2D eigenvalue weighted by molar-refractivity contribution is 0.289. The van der Waals surface area contributed by atoms with Gasteiger partial charge < -0.3 is 4.74 Å². The molecule has 2 aromatic rings. The maximum atomic E-state index is 13.5. The number of halogens is 2. The van der Waals surface area contributed by atoms with Crippen molar-refractivity contribution >= 4 is 0 Å². The topological polar surface area (TPSA) is 45.9 Å². The number of hydrogen-bond donors (Lipinski definition) is 0. The van der Waals surface area contributed by atoms with Gasteiger partial charge >= 0.3 is 0 Å². The Balaban J connectivity index is 2.09. The van der Waals surface area contributed by atoms with Crippen molar-refractivity contribution in [2.24, 2.45) is 0 Å². The van der Waals surface area contributed by atoms with Gasteiger partial charge in [-0.05, 0) is 24.3 Å². The van der Waals surface area contributed by atoms with Gasteiger partial charge in [0.1, 0.15) is 12.4 Å². The lowest BCUT2D eigenvalue weighted by Gasteiger charge is -2.07. The monoisotopic (exact) mass is 246 g/mol. The van der Waals surface area contributed by atoms with E-state index in [9.17, 15) is 8.78 Å². The molecule has 0 radical (unpaired) electrons. The normalized spacial score (nSPS) is 9.83. The fourth-order valence-electron chi connectivity index (χ4n) is 1.38. The molecule has 1 aromatic carbocycles. The first kappa shape index (κ1) is 12.0. The van der Waals surface area contributed by atoms with E-state index >= 15 is 0 Å². The molecule has 2 rings (SSSR count). The second kappa shape index (κ2) is 5.23. The van der Waals surface area contributed by atoms with E-state index in [2.05, 4.69) is 4.98 Å². The smallest absolute Gasteiger partial charge is 0.166 e. The molecule has 0 aliphatic rings. The van der Waals surface area contributed by atoms with Crippen molar-refractivity contribution in [3.63, 3.8) is 0 Å². The van der Waals surface area contributed by atoms with E-state index in [1.165, 1.54) is 24.4 Å². The molecule has 0 spiro atoms. The molecule has 0 fully saturated rings. The van der Waals surface area contributed by atoms with E-state index in [4.69, 9.17) is 10.00 Å². The van der Waals surface area contributed by atoms with Gasteiger partial charge in [0.05, 0.1) is 17.8 Å². The molecule has 1 aromatic heterocycles. The van der Waals surface area contributed by atoms with Crippen LogP contribution in [0.4, 0.5) is 8.78 Å². The summed E-state index contributed by atoms with van der Waals surface area (Å²) in [5.41, 5.74) is 0.714. The minimum absolute atomic E-state index is 0.00752. The summed E-state index contributed by atoms with van der Waals surface area (Å²) in [5.74, 6) is -1.09. The molecular formula is C13H8F2N2O. The summed E-state index contributed by atoms with van der Waals surface area (Å²) in [6.45, 7) is 0.00752. The zero-order valence-electron chi connectivity index (χ0n) is 9.23. The molecular weight excluding hydrogens is 238 g/mol. The van der Waals surface area contributed by atoms with Gasteiger partial charge in [-0.3, -0.25) is 4.98 Å². The number of benzene rings is 1. The Hall–Kier alpha value is -2.48. The highest BCUT2D eigenvalue weighted by atomic mass is 19.1. The lowest BCUT2D eigenvalue weighted by atomic mass is 10.2. The van der Waals surface area contributed by atoms with E-state index in [1.807, 2.05) is 6.07 Å². The molecule has 1 heterocycles. The highest BCUT2D eigenvalue weighted by Crippen LogP contribution is 2.19. The molecule has 0 atom stereocenters. The molecule has 0 saturated carbocycles. The Labute approximate surface area is 102 Å². The predicted molar refractivity (Wildman–Crippen MR) is 59.6 cm³/mol. The third-order valence-electron chi connectivity index (χ3n) is 2.22. The van der Waals surface area contributed by atoms with Gasteiger partial charge in [-0.2, -0.15) is 5.26 Å². The van der Waals surface area contributed by atoms with Crippen LogP contribution in [0.3, 0.4) is 0 Å². The van der Waals surface area contributed by atoms with E-state index in [1.54, 1.807) is 0 Å². The average molecular weight is 246 g/mol. The number of aromatic nitrogens is 1. The second-order valence-corrected chi connectivity index (χ2v) is 3.56. The fraction of sp³-hybridized carbons (Fsp3) is 0.0769. The Morgan fingerprint density at radius 1 is 1.22 bits per heavy atom. The summed E-state index contributed by atoms with van der Waals surface area (Å²) in [4.78, 5) is 3.65. The zero-order valence-corrected chi connectivity index (χ0v) is 9.23. The maximum absolute atomic E-state index is 13.5. The van der Waals surface area contributed by atoms with E-state index in [0.717, 1.165) is 12.3 Å². The standard InChI is InChI=1S/C13H8F2N2O/c14-11-3-10(6-17-7-11)8-18-13-2-1-9(5-16)4-12(13)15/h1-4,6-7H,8H2. The number of nitriles is 1. The molecule has 0 unspecified atom stereocenters. The minimum Gasteiger partial charge on any atom is -0.486 e. The lowest BCUT2D eigenvalue weighted by Crippen LogP contribution is -1.99. The SMILES string of the molecule is N#Cc1ccc(OCc2cncc(F)c2)c(F)c1. The van der Waals surface area contributed by atoms with Gasteiger partial charge in [-0.15, -0.1) is 0 Å². The van der Waals surface area contributed by atoms with Crippen LogP contribution in [0.15, 0.2) is 36.7 Å². The zero-order chi connectivity index (χ0) is 13.0. The molecule has 0 bridgehead atoms. The van der Waals surface area contributed by atoms with E-state index < -0.39 is 11.6 Å². The van der Waals surface area contributed by atoms with Crippen LogP contribution in [0.25, 0.3) is 0 Å². The summed E-state index contributed by atoms with van der Waals surface area (Å²) in [5, 5.41) is 8.58. The Morgan fingerprint density at radius 3 is 2.72 bits per heavy atom. The van der Waals surface area contributed by atoms with Crippen molar-refractivity contribution in [1.82, 2.24) is 4.98 Å². The van der Waals surface area contributed by atoms with Gasteiger partial charge in [-0.1, -0.05) is 0 Å². The summed E-state index contributed by atoms with van der Waals surface area (Å²) >= 11 is 0. The van der Waals surface area contributed by atoms with Crippen LogP contribution in [-0.2, 0) is 6.61 Å². The van der Waals surface area contributed by atoms with Crippen LogP contribution in [0, 0.1) is 23.0 Å². The number of ether oxygens (including phenoxy) is 1. The number of hydrogen-bond acceptors (Lipinski definition) is 3. The fourth-order valence-corrected chi connectivity index (χ4v) is 1.38. The molecule has 5 heteroatoms. The second-order valence-electron chi connectivity index (χ2n) is 3.56. The van der Waals surface area contributed by atoms with Gasteiger partial charge in [0.15, 0.2) is 11.6 Å². The van der Waals surface area contributed by atoms with Gasteiger partial charge in [-0.25, -0.2) is 8.78 Å². The molecule has 90 valence electrons. The van der Waals surface area contributed by atoms with Gasteiger partial charge in [0.25, 0.3) is 0 Å². The molecule has 3 nitrogen and oxygen atoms in total. The van der Waals surface area contributed by atoms with Crippen LogP contribution in [0.2, 0.25) is 0 Å².